The van der Waals surface area contributed by atoms with Crippen molar-refractivity contribution in [2.24, 2.45) is 0 Å². The van der Waals surface area contributed by atoms with Gasteiger partial charge in [0.1, 0.15) is 6.61 Å². The average Bonchev–Trinajstić information content (AvgIpc) is 2.89. The van der Waals surface area contributed by atoms with Crippen molar-refractivity contribution >= 4 is 69.9 Å². The summed E-state index contributed by atoms with van der Waals surface area (Å²) in [7, 11) is -6.09. The van der Waals surface area contributed by atoms with Gasteiger partial charge in [-0.3, -0.25) is 0 Å². The zero-order valence-corrected chi connectivity index (χ0v) is 38.1. The Morgan fingerprint density at radius 1 is 0.565 bits per heavy atom. The molecule has 0 radical (unpaired) electrons. The summed E-state index contributed by atoms with van der Waals surface area (Å²) in [6, 6.07) is 1.85. The van der Waals surface area contributed by atoms with Gasteiger partial charge in [-0.05, 0) is 97.2 Å². The molecule has 0 aromatic rings. The predicted molar refractivity (Wildman–Crippen MR) is 209 cm³/mol. The maximum absolute atomic E-state index is 11.5. The summed E-state index contributed by atoms with van der Waals surface area (Å²) >= 11 is 0. The molecule has 0 spiro atoms. The molecule has 0 amide bonds. The average molecular weight is 779 g/mol. The van der Waals surface area contributed by atoms with Gasteiger partial charge >= 0.3 is 31.7 Å². The molecule has 0 saturated heterocycles. The van der Waals surface area contributed by atoms with E-state index in [-0.39, 0.29) is 12.6 Å². The Kier molecular flexibility index (Phi) is 25.5. The van der Waals surface area contributed by atoms with Crippen molar-refractivity contribution in [2.75, 3.05) is 57.9 Å². The molecule has 0 N–H and O–H groups in total. The summed E-state index contributed by atoms with van der Waals surface area (Å²) in [6.45, 7) is 27.3. The molecule has 0 bridgehead atoms. The Bertz CT molecular complexity index is 795. The van der Waals surface area contributed by atoms with Crippen LogP contribution in [0.1, 0.15) is 58.8 Å². The summed E-state index contributed by atoms with van der Waals surface area (Å²) in [5, 5.41) is 0.888. The van der Waals surface area contributed by atoms with Crippen LogP contribution in [0.2, 0.25) is 71.0 Å². The van der Waals surface area contributed by atoms with Crippen LogP contribution in [-0.2, 0) is 40.2 Å². The van der Waals surface area contributed by atoms with Crippen LogP contribution in [0.3, 0.4) is 0 Å². The van der Waals surface area contributed by atoms with Crippen LogP contribution in [0.25, 0.3) is 0 Å². The maximum Gasteiger partial charge on any atom is 0.332 e. The van der Waals surface area contributed by atoms with E-state index in [2.05, 4.69) is 65.8 Å². The highest BCUT2D eigenvalue weighted by Gasteiger charge is 2.50. The topological polar surface area (TPSA) is 90.9 Å². The van der Waals surface area contributed by atoms with Gasteiger partial charge in [0.05, 0.1) is 19.8 Å². The maximum atomic E-state index is 11.5. The van der Waals surface area contributed by atoms with Gasteiger partial charge in [0.2, 0.25) is 0 Å². The van der Waals surface area contributed by atoms with Crippen LogP contribution in [0.15, 0.2) is 0 Å². The lowest BCUT2D eigenvalue weighted by molar-refractivity contribution is -0.148. The van der Waals surface area contributed by atoms with E-state index in [9.17, 15) is 4.79 Å². The second-order valence-corrected chi connectivity index (χ2v) is 37.3. The Morgan fingerprint density at radius 2 is 1.07 bits per heavy atom. The predicted octanol–water partition coefficient (Wildman–Crippen LogP) is 8.85. The van der Waals surface area contributed by atoms with E-state index in [0.29, 0.717) is 26.4 Å². The van der Waals surface area contributed by atoms with Crippen LogP contribution in [-0.4, -0.2) is 106 Å². The van der Waals surface area contributed by atoms with E-state index in [1.807, 2.05) is 21.6 Å². The van der Waals surface area contributed by atoms with Crippen molar-refractivity contribution in [2.45, 2.75) is 130 Å². The van der Waals surface area contributed by atoms with Crippen molar-refractivity contribution in [3.8, 4) is 0 Å². The molecule has 0 heterocycles. The third-order valence-corrected chi connectivity index (χ3v) is 29.5. The first-order valence-electron chi connectivity index (χ1n) is 17.3. The number of hydrogen-bond donors (Lipinski definition) is 0. The lowest BCUT2D eigenvalue weighted by atomic mass is 10.2. The molecule has 0 rings (SSSR count). The second-order valence-electron chi connectivity index (χ2n) is 14.1. The molecule has 16 heteroatoms. The third kappa shape index (κ3) is 26.8. The molecular formula is C30H70O9S2Si5. The standard InChI is InChI=1S/C30H70O9S2Si5/c1-13-35-30(31)28-34-23-18-16-15-17-20-26-45(11,39-46(12,29-41-40-14-2)37-43(7,8)9)38-44(10,36-42(4,5)6)27-21-19-22-33-25-24-32-3/h13-29H2,1-12H3. The zero-order chi connectivity index (χ0) is 35.2. The Labute approximate surface area is 296 Å². The molecule has 3 unspecified atom stereocenters. The Balaban J connectivity index is 5.66. The summed E-state index contributed by atoms with van der Waals surface area (Å²) in [4.78, 5) is 11.5. The fraction of sp³-hybridized carbons (Fsp3) is 0.967. The fourth-order valence-electron chi connectivity index (χ4n) is 5.20. The minimum absolute atomic E-state index is 0.0344. The lowest BCUT2D eigenvalue weighted by Crippen LogP contribution is -2.62. The van der Waals surface area contributed by atoms with Crippen LogP contribution in [0.4, 0.5) is 0 Å². The molecule has 0 aliphatic carbocycles. The molecule has 0 saturated carbocycles. The van der Waals surface area contributed by atoms with Crippen molar-refractivity contribution < 1.29 is 40.2 Å². The minimum atomic E-state index is -2.70. The highest BCUT2D eigenvalue weighted by atomic mass is 33.1. The first-order valence-corrected chi connectivity index (χ1v) is 34.1. The van der Waals surface area contributed by atoms with Crippen molar-refractivity contribution in [1.82, 2.24) is 0 Å². The van der Waals surface area contributed by atoms with E-state index < -0.39 is 42.3 Å². The molecular weight excluding hydrogens is 709 g/mol. The number of carbonyl (C=O) groups is 1. The highest BCUT2D eigenvalue weighted by Crippen LogP contribution is 2.35. The van der Waals surface area contributed by atoms with Gasteiger partial charge in [-0.1, -0.05) is 54.2 Å². The Morgan fingerprint density at radius 3 is 1.65 bits per heavy atom. The molecule has 0 aliphatic heterocycles. The summed E-state index contributed by atoms with van der Waals surface area (Å²) < 4.78 is 49.8. The van der Waals surface area contributed by atoms with Gasteiger partial charge in [0.15, 0.2) is 16.6 Å². The quantitative estimate of drug-likeness (QED) is 0.0293. The molecule has 276 valence electrons. The smallest absolute Gasteiger partial charge is 0.332 e. The number of ether oxygens (including phenoxy) is 4. The molecule has 0 aromatic heterocycles. The first-order chi connectivity index (χ1) is 21.4. The number of esters is 1. The summed E-state index contributed by atoms with van der Waals surface area (Å²) in [5.41, 5.74) is 0. The van der Waals surface area contributed by atoms with Crippen molar-refractivity contribution in [3.63, 3.8) is 0 Å². The van der Waals surface area contributed by atoms with Crippen LogP contribution >= 0.6 is 21.6 Å². The molecule has 9 nitrogen and oxygen atoms in total. The lowest BCUT2D eigenvalue weighted by Gasteiger charge is -2.45. The highest BCUT2D eigenvalue weighted by molar-refractivity contribution is 8.77. The van der Waals surface area contributed by atoms with Crippen molar-refractivity contribution in [3.05, 3.63) is 0 Å². The molecule has 46 heavy (non-hydrogen) atoms. The Hall–Kier alpha value is 0.974. The minimum Gasteiger partial charge on any atom is -0.464 e. The van der Waals surface area contributed by atoms with Crippen LogP contribution in [0.5, 0.6) is 0 Å². The molecule has 0 aliphatic rings. The number of rotatable bonds is 31. The number of carbonyl (C=O) groups excluding carboxylic acids is 1. The van der Waals surface area contributed by atoms with Gasteiger partial charge in [0.25, 0.3) is 0 Å². The third-order valence-electron chi connectivity index (χ3n) is 6.48. The first kappa shape index (κ1) is 47.0. The van der Waals surface area contributed by atoms with E-state index in [1.165, 1.54) is 0 Å². The number of hydrogen-bond acceptors (Lipinski definition) is 11. The SMILES string of the molecule is CCOC(=O)COCCCCCCC[Si](C)(O[Si](C)(CCCCOCCOC)O[Si](C)(C)C)O[Si](C)(CSSCC)O[Si](C)(C)C. The van der Waals surface area contributed by atoms with Gasteiger partial charge in [-0.15, -0.1) is 0 Å². The largest absolute Gasteiger partial charge is 0.464 e. The van der Waals surface area contributed by atoms with E-state index in [1.54, 1.807) is 14.0 Å². The van der Waals surface area contributed by atoms with Gasteiger partial charge < -0.3 is 35.4 Å². The molecule has 0 fully saturated rings. The zero-order valence-electron chi connectivity index (χ0n) is 31.5. The van der Waals surface area contributed by atoms with E-state index in [4.69, 9.17) is 35.4 Å². The summed E-state index contributed by atoms with van der Waals surface area (Å²) in [6.07, 6.45) is 7.25. The second kappa shape index (κ2) is 25.0. The van der Waals surface area contributed by atoms with Crippen LogP contribution in [0, 0.1) is 0 Å². The van der Waals surface area contributed by atoms with Gasteiger partial charge in [-0.2, -0.15) is 0 Å². The van der Waals surface area contributed by atoms with E-state index >= 15 is 0 Å². The molecule has 3 atom stereocenters. The summed E-state index contributed by atoms with van der Waals surface area (Å²) in [5.74, 6) is 0.766. The monoisotopic (exact) mass is 778 g/mol. The van der Waals surface area contributed by atoms with Gasteiger partial charge in [-0.25, -0.2) is 4.79 Å². The number of unbranched alkanes of at least 4 members (excludes halogenated alkanes) is 5. The van der Waals surface area contributed by atoms with Crippen molar-refractivity contribution in [1.29, 1.82) is 0 Å². The fourth-order valence-corrected chi connectivity index (χ4v) is 34.0. The van der Waals surface area contributed by atoms with E-state index in [0.717, 1.165) is 74.8 Å². The number of methoxy groups -OCH3 is 1. The molecule has 0 aromatic carbocycles. The normalized spacial score (nSPS) is 16.5. The van der Waals surface area contributed by atoms with Gasteiger partial charge in [0, 0.05) is 31.5 Å². The van der Waals surface area contributed by atoms with Crippen LogP contribution < -0.4 is 0 Å².